The van der Waals surface area contributed by atoms with E-state index >= 15 is 0 Å². The lowest BCUT2D eigenvalue weighted by Gasteiger charge is -2.31. The third-order valence-corrected chi connectivity index (χ3v) is 6.60. The fourth-order valence-electron chi connectivity index (χ4n) is 4.10. The molecule has 7 heteroatoms. The van der Waals surface area contributed by atoms with Gasteiger partial charge in [-0.15, -0.1) is 11.3 Å². The number of nitrogens with one attached hydrogen (secondary N) is 2. The smallest absolute Gasteiger partial charge is 0.346 e. The lowest BCUT2D eigenvalue weighted by atomic mass is 9.74. The molecule has 0 bridgehead atoms. The highest BCUT2D eigenvalue weighted by molar-refractivity contribution is 7.15. The number of carboxylic acid groups (broad SMARTS) is 1. The highest BCUT2D eigenvalue weighted by atomic mass is 32.1. The first-order valence-electron chi connectivity index (χ1n) is 8.69. The number of hydrogen-bond acceptors (Lipinski definition) is 4. The van der Waals surface area contributed by atoms with Crippen molar-refractivity contribution in [2.45, 2.75) is 11.8 Å². The summed E-state index contributed by atoms with van der Waals surface area (Å²) in [6, 6.07) is 16.3. The molecule has 2 aliphatic rings. The quantitative estimate of drug-likeness (QED) is 0.622. The standard InChI is InChI=1S/C21H14N2O4S/c24-14-10-21(12-8-4-5-9-13(12)22-20(21)27)18-16(23-14)15(17(28-18)19(25)26)11-6-2-1-3-7-11/h1-9H,10H2,(H,22,27)(H,23,24)(H,25,26)/t21-/m0/s1. The highest BCUT2D eigenvalue weighted by Gasteiger charge is 2.55. The van der Waals surface area contributed by atoms with Crippen LogP contribution < -0.4 is 10.6 Å². The van der Waals surface area contributed by atoms with Crippen LogP contribution in [-0.4, -0.2) is 22.9 Å². The second-order valence-corrected chi connectivity index (χ2v) is 7.83. The maximum atomic E-state index is 13.1. The van der Waals surface area contributed by atoms with Gasteiger partial charge in [-0.2, -0.15) is 0 Å². The fourth-order valence-corrected chi connectivity index (χ4v) is 5.42. The number of carboxylic acids is 1. The number of carbonyl (C=O) groups is 3. The molecule has 0 unspecified atom stereocenters. The van der Waals surface area contributed by atoms with Crippen molar-refractivity contribution in [1.82, 2.24) is 0 Å². The van der Waals surface area contributed by atoms with E-state index in [0.29, 0.717) is 32.9 Å². The van der Waals surface area contributed by atoms with Crippen LogP contribution in [0.4, 0.5) is 11.4 Å². The number of para-hydroxylation sites is 1. The van der Waals surface area contributed by atoms with Gasteiger partial charge in [0, 0.05) is 11.3 Å². The van der Waals surface area contributed by atoms with Gasteiger partial charge in [-0.05, 0) is 17.2 Å². The van der Waals surface area contributed by atoms with Crippen LogP contribution in [0, 0.1) is 0 Å². The number of rotatable bonds is 2. The van der Waals surface area contributed by atoms with Crippen LogP contribution in [0.5, 0.6) is 0 Å². The van der Waals surface area contributed by atoms with Gasteiger partial charge in [-0.3, -0.25) is 9.59 Å². The number of thiophene rings is 1. The Hall–Kier alpha value is -3.45. The Labute approximate surface area is 163 Å². The highest BCUT2D eigenvalue weighted by Crippen LogP contribution is 2.56. The zero-order valence-corrected chi connectivity index (χ0v) is 15.3. The summed E-state index contributed by atoms with van der Waals surface area (Å²) in [5.74, 6) is -1.71. The average molecular weight is 390 g/mol. The number of fused-ring (bicyclic) bond motifs is 4. The zero-order valence-electron chi connectivity index (χ0n) is 14.5. The molecule has 0 saturated carbocycles. The number of anilines is 2. The molecule has 138 valence electrons. The van der Waals surface area contributed by atoms with Crippen LogP contribution >= 0.6 is 11.3 Å². The van der Waals surface area contributed by atoms with Crippen LogP contribution in [0.2, 0.25) is 0 Å². The summed E-state index contributed by atoms with van der Waals surface area (Å²) < 4.78 is 0. The first kappa shape index (κ1) is 16.7. The molecule has 28 heavy (non-hydrogen) atoms. The molecule has 0 radical (unpaired) electrons. The molecule has 2 amide bonds. The molecule has 5 rings (SSSR count). The van der Waals surface area contributed by atoms with E-state index < -0.39 is 11.4 Å². The molecule has 0 saturated heterocycles. The topological polar surface area (TPSA) is 95.5 Å². The van der Waals surface area contributed by atoms with Crippen molar-refractivity contribution in [2.75, 3.05) is 10.6 Å². The van der Waals surface area contributed by atoms with Crippen LogP contribution in [0.1, 0.15) is 26.5 Å². The fraction of sp³-hybridized carbons (Fsp3) is 0.0952. The molecule has 1 aromatic heterocycles. The van der Waals surface area contributed by atoms with Crippen molar-refractivity contribution in [2.24, 2.45) is 0 Å². The number of hydrogen-bond donors (Lipinski definition) is 3. The Morgan fingerprint density at radius 3 is 2.46 bits per heavy atom. The van der Waals surface area contributed by atoms with Gasteiger partial charge >= 0.3 is 5.97 Å². The first-order valence-corrected chi connectivity index (χ1v) is 9.51. The number of benzene rings is 2. The number of carbonyl (C=O) groups excluding carboxylic acids is 2. The number of aromatic carboxylic acids is 1. The molecule has 3 heterocycles. The van der Waals surface area contributed by atoms with Gasteiger partial charge in [0.25, 0.3) is 0 Å². The van der Waals surface area contributed by atoms with Crippen molar-refractivity contribution in [3.05, 3.63) is 69.9 Å². The van der Waals surface area contributed by atoms with E-state index in [1.54, 1.807) is 18.2 Å². The van der Waals surface area contributed by atoms with Crippen LogP contribution in [0.25, 0.3) is 11.1 Å². The van der Waals surface area contributed by atoms with Crippen molar-refractivity contribution in [3.8, 4) is 11.1 Å². The van der Waals surface area contributed by atoms with Gasteiger partial charge < -0.3 is 15.7 Å². The van der Waals surface area contributed by atoms with E-state index in [4.69, 9.17) is 0 Å². The van der Waals surface area contributed by atoms with Crippen molar-refractivity contribution >= 4 is 40.5 Å². The second-order valence-electron chi connectivity index (χ2n) is 6.81. The van der Waals surface area contributed by atoms with Gasteiger partial charge in [-0.25, -0.2) is 4.79 Å². The van der Waals surface area contributed by atoms with E-state index in [9.17, 15) is 19.5 Å². The first-order chi connectivity index (χ1) is 13.5. The minimum atomic E-state index is -1.21. The summed E-state index contributed by atoms with van der Waals surface area (Å²) >= 11 is 1.06. The predicted octanol–water partition coefficient (Wildman–Crippen LogP) is 3.69. The second kappa shape index (κ2) is 5.77. The summed E-state index contributed by atoms with van der Waals surface area (Å²) in [5, 5.41) is 15.5. The lowest BCUT2D eigenvalue weighted by Crippen LogP contribution is -2.42. The van der Waals surface area contributed by atoms with Gasteiger partial charge in [0.1, 0.15) is 10.3 Å². The maximum absolute atomic E-state index is 13.1. The summed E-state index contributed by atoms with van der Waals surface area (Å²) in [4.78, 5) is 38.5. The summed E-state index contributed by atoms with van der Waals surface area (Å²) in [6.07, 6.45) is -0.0589. The van der Waals surface area contributed by atoms with Crippen molar-refractivity contribution in [3.63, 3.8) is 0 Å². The number of amides is 2. The Kier molecular flexibility index (Phi) is 3.44. The van der Waals surface area contributed by atoms with E-state index in [1.165, 1.54) is 0 Å². The molecule has 2 aliphatic heterocycles. The molecule has 1 spiro atoms. The average Bonchev–Trinajstić information content (AvgIpc) is 3.20. The van der Waals surface area contributed by atoms with Crippen LogP contribution in [0.3, 0.4) is 0 Å². The predicted molar refractivity (Wildman–Crippen MR) is 106 cm³/mol. The van der Waals surface area contributed by atoms with Gasteiger partial charge in [0.15, 0.2) is 0 Å². The van der Waals surface area contributed by atoms with Crippen molar-refractivity contribution < 1.29 is 19.5 Å². The van der Waals surface area contributed by atoms with Gasteiger partial charge in [0.05, 0.1) is 17.0 Å². The molecule has 0 fully saturated rings. The van der Waals surface area contributed by atoms with E-state index in [1.807, 2.05) is 36.4 Å². The SMILES string of the molecule is O=C1C[C@@]2(C(=O)Nc3ccccc32)c2sc(C(=O)O)c(-c3ccccc3)c2N1. The Morgan fingerprint density at radius 1 is 1.00 bits per heavy atom. The molecule has 0 aliphatic carbocycles. The largest absolute Gasteiger partial charge is 0.477 e. The van der Waals surface area contributed by atoms with Gasteiger partial charge in [-0.1, -0.05) is 48.5 Å². The Balaban J connectivity index is 1.86. The Morgan fingerprint density at radius 2 is 1.71 bits per heavy atom. The van der Waals surface area contributed by atoms with Crippen molar-refractivity contribution in [1.29, 1.82) is 0 Å². The Bertz CT molecular complexity index is 1170. The van der Waals surface area contributed by atoms with E-state index in [0.717, 1.165) is 11.3 Å². The minimum absolute atomic E-state index is 0.0589. The molecule has 3 N–H and O–H groups in total. The molecule has 1 atom stereocenters. The van der Waals surface area contributed by atoms with E-state index in [2.05, 4.69) is 10.6 Å². The molecular formula is C21H14N2O4S. The van der Waals surface area contributed by atoms with E-state index in [-0.39, 0.29) is 23.1 Å². The summed E-state index contributed by atoms with van der Waals surface area (Å²) in [7, 11) is 0. The molecular weight excluding hydrogens is 376 g/mol. The lowest BCUT2D eigenvalue weighted by molar-refractivity contribution is -0.125. The molecule has 6 nitrogen and oxygen atoms in total. The summed E-state index contributed by atoms with van der Waals surface area (Å²) in [6.45, 7) is 0. The minimum Gasteiger partial charge on any atom is -0.477 e. The van der Waals surface area contributed by atoms with Gasteiger partial charge in [0.2, 0.25) is 11.8 Å². The summed E-state index contributed by atoms with van der Waals surface area (Å²) in [5.41, 5.74) is 1.68. The molecule has 3 aromatic rings. The van der Waals surface area contributed by atoms with Crippen LogP contribution in [0.15, 0.2) is 54.6 Å². The monoisotopic (exact) mass is 390 g/mol. The third kappa shape index (κ3) is 2.10. The zero-order chi connectivity index (χ0) is 19.5. The normalized spacial score (nSPS) is 19.7. The van der Waals surface area contributed by atoms with Crippen LogP contribution in [-0.2, 0) is 15.0 Å². The third-order valence-electron chi connectivity index (χ3n) is 5.27. The maximum Gasteiger partial charge on any atom is 0.346 e. The molecule has 2 aromatic carbocycles.